The fourth-order valence-corrected chi connectivity index (χ4v) is 7.51. The molecule has 0 atom stereocenters. The van der Waals surface area contributed by atoms with Crippen molar-refractivity contribution in [1.29, 1.82) is 0 Å². The van der Waals surface area contributed by atoms with Crippen LogP contribution < -0.4 is 9.80 Å². The van der Waals surface area contributed by atoms with E-state index in [0.717, 1.165) is 33.9 Å². The van der Waals surface area contributed by atoms with E-state index >= 15 is 0 Å². The average Bonchev–Trinajstić information content (AvgIpc) is 3.23. The molecule has 0 aliphatic heterocycles. The van der Waals surface area contributed by atoms with Gasteiger partial charge in [0.1, 0.15) is 0 Å². The van der Waals surface area contributed by atoms with E-state index in [9.17, 15) is 0 Å². The minimum Gasteiger partial charge on any atom is -0.310 e. The van der Waals surface area contributed by atoms with Crippen LogP contribution in [0.4, 0.5) is 34.1 Å². The Bertz CT molecular complexity index is 2340. The summed E-state index contributed by atoms with van der Waals surface area (Å²) in [5, 5.41) is 0. The number of hydrogen-bond acceptors (Lipinski definition) is 2. The Morgan fingerprint density at radius 1 is 0.304 bits per heavy atom. The van der Waals surface area contributed by atoms with Gasteiger partial charge < -0.3 is 9.80 Å². The number of anilines is 6. The summed E-state index contributed by atoms with van der Waals surface area (Å²) in [6.45, 7) is 17.8. The molecule has 56 heavy (non-hydrogen) atoms. The lowest BCUT2D eigenvalue weighted by atomic mass is 9.96. The quantitative estimate of drug-likeness (QED) is 0.129. The van der Waals surface area contributed by atoms with Crippen molar-refractivity contribution in [2.75, 3.05) is 9.80 Å². The smallest absolute Gasteiger partial charge is 0.0496 e. The predicted octanol–water partition coefficient (Wildman–Crippen LogP) is 15.4. The van der Waals surface area contributed by atoms with Gasteiger partial charge in [0.15, 0.2) is 0 Å². The first-order chi connectivity index (χ1) is 27.1. The summed E-state index contributed by atoms with van der Waals surface area (Å²) in [6, 6.07) is 52.3. The first-order valence-corrected chi connectivity index (χ1v) is 19.6. The molecule has 0 aliphatic carbocycles. The Morgan fingerprint density at radius 2 is 0.625 bits per heavy atom. The van der Waals surface area contributed by atoms with Crippen molar-refractivity contribution in [3.05, 3.63) is 212 Å². The molecule has 0 heterocycles. The molecule has 0 fully saturated rings. The van der Waals surface area contributed by atoms with Crippen molar-refractivity contribution >= 4 is 58.4 Å². The fourth-order valence-electron chi connectivity index (χ4n) is 7.51. The summed E-state index contributed by atoms with van der Waals surface area (Å²) in [5.74, 6) is 0. The highest BCUT2D eigenvalue weighted by Crippen LogP contribution is 2.41. The summed E-state index contributed by atoms with van der Waals surface area (Å²) < 4.78 is 0. The van der Waals surface area contributed by atoms with Gasteiger partial charge in [-0.2, -0.15) is 0 Å². The van der Waals surface area contributed by atoms with Crippen LogP contribution in [0.15, 0.2) is 146 Å². The standard InChI is InChI=1S/C54H52N2/c1-37-35-53(43(7)41(5)39(37)3)55(49-19-11-9-12-20-49)51-31-25-45(26-32-51)23-29-47-17-15-16-18-48(47)30-24-46-27-33-52(34-28-46)56(50-21-13-10-14-22-50)54-36-38(2)40(4)42(6)44(54)8/h9-36H,1-8H3. The topological polar surface area (TPSA) is 6.48 Å². The molecular formula is C54H52N2. The lowest BCUT2D eigenvalue weighted by molar-refractivity contribution is 1.17. The first kappa shape index (κ1) is 37.9. The van der Waals surface area contributed by atoms with Crippen LogP contribution in [0.1, 0.15) is 66.8 Å². The molecule has 0 saturated heterocycles. The van der Waals surface area contributed by atoms with Gasteiger partial charge in [0.25, 0.3) is 0 Å². The highest BCUT2D eigenvalue weighted by molar-refractivity contribution is 5.84. The molecule has 0 radical (unpaired) electrons. The number of aryl methyl sites for hydroxylation is 2. The fraction of sp³-hybridized carbons (Fsp3) is 0.148. The van der Waals surface area contributed by atoms with Gasteiger partial charge >= 0.3 is 0 Å². The van der Waals surface area contributed by atoms with Crippen LogP contribution in [0.5, 0.6) is 0 Å². The third kappa shape index (κ3) is 7.88. The molecule has 7 aromatic carbocycles. The van der Waals surface area contributed by atoms with Crippen molar-refractivity contribution in [2.24, 2.45) is 0 Å². The van der Waals surface area contributed by atoms with Crippen LogP contribution in [0.25, 0.3) is 24.3 Å². The molecular weight excluding hydrogens is 677 g/mol. The lowest BCUT2D eigenvalue weighted by Crippen LogP contribution is -2.12. The van der Waals surface area contributed by atoms with Crippen LogP contribution in [0.3, 0.4) is 0 Å². The molecule has 0 saturated carbocycles. The maximum Gasteiger partial charge on any atom is 0.0496 e. The van der Waals surface area contributed by atoms with E-state index in [0.29, 0.717) is 0 Å². The third-order valence-electron chi connectivity index (χ3n) is 11.6. The molecule has 2 heteroatoms. The molecule has 278 valence electrons. The van der Waals surface area contributed by atoms with Crippen LogP contribution in [-0.4, -0.2) is 0 Å². The van der Waals surface area contributed by atoms with E-state index in [2.05, 4.69) is 235 Å². The van der Waals surface area contributed by atoms with Crippen LogP contribution in [0.2, 0.25) is 0 Å². The Kier molecular flexibility index (Phi) is 11.2. The van der Waals surface area contributed by atoms with Gasteiger partial charge in [0.2, 0.25) is 0 Å². The highest BCUT2D eigenvalue weighted by Gasteiger charge is 2.19. The van der Waals surface area contributed by atoms with Crippen molar-refractivity contribution in [3.8, 4) is 0 Å². The second-order valence-electron chi connectivity index (χ2n) is 15.0. The van der Waals surface area contributed by atoms with E-state index in [-0.39, 0.29) is 0 Å². The molecule has 0 amide bonds. The molecule has 0 spiro atoms. The number of hydrogen-bond donors (Lipinski definition) is 0. The van der Waals surface area contributed by atoms with E-state index in [1.807, 2.05) is 0 Å². The van der Waals surface area contributed by atoms with Crippen LogP contribution in [0, 0.1) is 55.4 Å². The van der Waals surface area contributed by atoms with Gasteiger partial charge in [0.05, 0.1) is 0 Å². The van der Waals surface area contributed by atoms with E-state index in [1.165, 1.54) is 67.0 Å². The zero-order valence-electron chi connectivity index (χ0n) is 34.1. The second-order valence-corrected chi connectivity index (χ2v) is 15.0. The van der Waals surface area contributed by atoms with Crippen molar-refractivity contribution in [1.82, 2.24) is 0 Å². The first-order valence-electron chi connectivity index (χ1n) is 19.6. The molecule has 0 bridgehead atoms. The SMILES string of the molecule is Cc1cc(N(c2ccccc2)c2ccc(C=Cc3ccccc3C=Cc3ccc(N(c4ccccc4)c4cc(C)c(C)c(C)c4C)cc3)cc2)c(C)c(C)c1C. The maximum absolute atomic E-state index is 2.37. The number of para-hydroxylation sites is 2. The van der Waals surface area contributed by atoms with Gasteiger partial charge in [-0.15, -0.1) is 0 Å². The van der Waals surface area contributed by atoms with E-state index < -0.39 is 0 Å². The van der Waals surface area contributed by atoms with E-state index in [4.69, 9.17) is 0 Å². The minimum absolute atomic E-state index is 1.14. The Labute approximate surface area is 334 Å². The summed E-state index contributed by atoms with van der Waals surface area (Å²) in [7, 11) is 0. The summed E-state index contributed by atoms with van der Waals surface area (Å²) in [4.78, 5) is 4.75. The molecule has 0 unspecified atom stereocenters. The van der Waals surface area contributed by atoms with Crippen LogP contribution in [-0.2, 0) is 0 Å². The summed E-state index contributed by atoms with van der Waals surface area (Å²) in [5.41, 5.74) is 22.3. The molecule has 0 N–H and O–H groups in total. The Morgan fingerprint density at radius 3 is 0.982 bits per heavy atom. The van der Waals surface area contributed by atoms with Crippen LogP contribution >= 0.6 is 0 Å². The summed E-state index contributed by atoms with van der Waals surface area (Å²) in [6.07, 6.45) is 8.85. The van der Waals surface area contributed by atoms with Gasteiger partial charge in [-0.05, 0) is 183 Å². The minimum atomic E-state index is 1.14. The molecule has 7 rings (SSSR count). The molecule has 0 aliphatic rings. The number of rotatable bonds is 10. The zero-order chi connectivity index (χ0) is 39.3. The average molecular weight is 729 g/mol. The predicted molar refractivity (Wildman–Crippen MR) is 244 cm³/mol. The third-order valence-corrected chi connectivity index (χ3v) is 11.6. The van der Waals surface area contributed by atoms with Gasteiger partial charge in [-0.25, -0.2) is 0 Å². The number of benzene rings is 7. The Balaban J connectivity index is 1.13. The largest absolute Gasteiger partial charge is 0.310 e. The lowest BCUT2D eigenvalue weighted by Gasteiger charge is -2.29. The monoisotopic (exact) mass is 728 g/mol. The summed E-state index contributed by atoms with van der Waals surface area (Å²) >= 11 is 0. The second kappa shape index (κ2) is 16.6. The van der Waals surface area contributed by atoms with Crippen molar-refractivity contribution in [3.63, 3.8) is 0 Å². The number of nitrogens with zero attached hydrogens (tertiary/aromatic N) is 2. The van der Waals surface area contributed by atoms with Crippen molar-refractivity contribution in [2.45, 2.75) is 55.4 Å². The normalized spacial score (nSPS) is 11.4. The van der Waals surface area contributed by atoms with Gasteiger partial charge in [-0.1, -0.05) is 109 Å². The Hall–Kier alpha value is -6.38. The molecule has 0 aromatic heterocycles. The van der Waals surface area contributed by atoms with Gasteiger partial charge in [-0.3, -0.25) is 0 Å². The zero-order valence-corrected chi connectivity index (χ0v) is 34.1. The van der Waals surface area contributed by atoms with E-state index in [1.54, 1.807) is 0 Å². The molecule has 7 aromatic rings. The van der Waals surface area contributed by atoms with Gasteiger partial charge in [0, 0.05) is 34.1 Å². The maximum atomic E-state index is 2.37. The van der Waals surface area contributed by atoms with Crippen molar-refractivity contribution < 1.29 is 0 Å². The molecule has 2 nitrogen and oxygen atoms in total. The highest BCUT2D eigenvalue weighted by atomic mass is 15.1.